The zero-order chi connectivity index (χ0) is 21.6. The lowest BCUT2D eigenvalue weighted by molar-refractivity contribution is -0.384. The van der Waals surface area contributed by atoms with Gasteiger partial charge in [-0.25, -0.2) is 8.42 Å². The maximum atomic E-state index is 12.6. The van der Waals surface area contributed by atoms with Crippen LogP contribution in [0.1, 0.15) is 26.3 Å². The van der Waals surface area contributed by atoms with Gasteiger partial charge in [0.25, 0.3) is 5.69 Å². The molecule has 156 valence electrons. The SMILES string of the molecule is CCN(CC)S(=O)(=O)c1ccc(N/N=C(/C)c2cccc(OC)c2)c([N+](=O)[O-])c1. The second-order valence-corrected chi connectivity index (χ2v) is 8.00. The van der Waals surface area contributed by atoms with Crippen LogP contribution in [0, 0.1) is 10.1 Å². The molecule has 9 nitrogen and oxygen atoms in total. The smallest absolute Gasteiger partial charge is 0.295 e. The summed E-state index contributed by atoms with van der Waals surface area (Å²) in [5.74, 6) is 0.661. The third-order valence-electron chi connectivity index (χ3n) is 4.34. The van der Waals surface area contributed by atoms with Gasteiger partial charge < -0.3 is 4.74 Å². The average molecular weight is 420 g/mol. The first-order valence-electron chi connectivity index (χ1n) is 8.97. The maximum absolute atomic E-state index is 12.6. The van der Waals surface area contributed by atoms with Crippen molar-refractivity contribution in [3.63, 3.8) is 0 Å². The van der Waals surface area contributed by atoms with Gasteiger partial charge >= 0.3 is 0 Å². The molecule has 0 aliphatic rings. The molecule has 29 heavy (non-hydrogen) atoms. The summed E-state index contributed by atoms with van der Waals surface area (Å²) in [6.07, 6.45) is 0. The minimum absolute atomic E-state index is 0.0933. The van der Waals surface area contributed by atoms with Crippen LogP contribution in [0.15, 0.2) is 52.5 Å². The van der Waals surface area contributed by atoms with Crippen LogP contribution >= 0.6 is 0 Å². The van der Waals surface area contributed by atoms with Gasteiger partial charge in [0.1, 0.15) is 11.4 Å². The van der Waals surface area contributed by atoms with E-state index in [1.807, 2.05) is 12.1 Å². The van der Waals surface area contributed by atoms with Gasteiger partial charge in [-0.2, -0.15) is 9.41 Å². The fraction of sp³-hybridized carbons (Fsp3) is 0.316. The largest absolute Gasteiger partial charge is 0.497 e. The summed E-state index contributed by atoms with van der Waals surface area (Å²) >= 11 is 0. The zero-order valence-corrected chi connectivity index (χ0v) is 17.6. The molecule has 0 aromatic heterocycles. The van der Waals surface area contributed by atoms with E-state index in [4.69, 9.17) is 4.74 Å². The maximum Gasteiger partial charge on any atom is 0.295 e. The van der Waals surface area contributed by atoms with Crippen LogP contribution in [0.4, 0.5) is 11.4 Å². The number of benzene rings is 2. The van der Waals surface area contributed by atoms with E-state index < -0.39 is 14.9 Å². The fourth-order valence-corrected chi connectivity index (χ4v) is 4.17. The van der Waals surface area contributed by atoms with E-state index in [1.54, 1.807) is 40.0 Å². The standard InChI is InChI=1S/C19H24N4O5S/c1-5-22(6-2)29(26,27)17-10-11-18(19(13-17)23(24)25)21-20-14(3)15-8-7-9-16(12-15)28-4/h7-13,21H,5-6H2,1-4H3/b20-14-. The highest BCUT2D eigenvalue weighted by Gasteiger charge is 2.25. The molecule has 0 radical (unpaired) electrons. The van der Waals surface area contributed by atoms with Gasteiger partial charge in [-0.3, -0.25) is 15.5 Å². The van der Waals surface area contributed by atoms with Gasteiger partial charge in [0, 0.05) is 24.7 Å². The molecule has 0 unspecified atom stereocenters. The van der Waals surface area contributed by atoms with E-state index in [2.05, 4.69) is 10.5 Å². The molecule has 2 aromatic rings. The number of hydrogen-bond acceptors (Lipinski definition) is 7. The molecule has 0 aliphatic carbocycles. The Bertz CT molecular complexity index is 1020. The summed E-state index contributed by atoms with van der Waals surface area (Å²) in [6.45, 7) is 5.71. The number of sulfonamides is 1. The number of nitro groups is 1. The Morgan fingerprint density at radius 3 is 2.48 bits per heavy atom. The molecule has 0 spiro atoms. The van der Waals surface area contributed by atoms with Crippen LogP contribution < -0.4 is 10.2 Å². The first kappa shape index (κ1) is 22.3. The Kier molecular flexibility index (Phi) is 7.29. The number of methoxy groups -OCH3 is 1. The van der Waals surface area contributed by atoms with Gasteiger partial charge in [-0.1, -0.05) is 26.0 Å². The molecule has 0 aliphatic heterocycles. The van der Waals surface area contributed by atoms with E-state index in [1.165, 1.54) is 16.4 Å². The van der Waals surface area contributed by atoms with Crippen molar-refractivity contribution in [2.45, 2.75) is 25.7 Å². The number of nitrogens with one attached hydrogen (secondary N) is 1. The predicted molar refractivity (Wildman–Crippen MR) is 112 cm³/mol. The van der Waals surface area contributed by atoms with E-state index in [0.29, 0.717) is 11.5 Å². The highest BCUT2D eigenvalue weighted by Crippen LogP contribution is 2.29. The summed E-state index contributed by atoms with van der Waals surface area (Å²) in [7, 11) is -2.25. The Hall–Kier alpha value is -2.98. The normalized spacial score (nSPS) is 12.1. The van der Waals surface area contributed by atoms with Gasteiger partial charge in [0.15, 0.2) is 0 Å². The molecule has 0 amide bonds. The molecule has 0 bridgehead atoms. The molecule has 2 rings (SSSR count). The lowest BCUT2D eigenvalue weighted by atomic mass is 10.1. The van der Waals surface area contributed by atoms with Crippen LogP contribution in [0.5, 0.6) is 5.75 Å². The van der Waals surface area contributed by atoms with Crippen molar-refractivity contribution in [1.29, 1.82) is 0 Å². The fourth-order valence-electron chi connectivity index (χ4n) is 2.69. The molecule has 0 heterocycles. The highest BCUT2D eigenvalue weighted by atomic mass is 32.2. The Morgan fingerprint density at radius 2 is 1.90 bits per heavy atom. The summed E-state index contributed by atoms with van der Waals surface area (Å²) < 4.78 is 31.7. The predicted octanol–water partition coefficient (Wildman–Crippen LogP) is 3.47. The first-order valence-corrected chi connectivity index (χ1v) is 10.4. The Balaban J connectivity index is 2.37. The van der Waals surface area contributed by atoms with Crippen LogP contribution in [0.3, 0.4) is 0 Å². The van der Waals surface area contributed by atoms with E-state index in [0.717, 1.165) is 11.6 Å². The molecule has 2 aromatic carbocycles. The molecule has 0 fully saturated rings. The van der Waals surface area contributed by atoms with Crippen molar-refractivity contribution in [1.82, 2.24) is 4.31 Å². The minimum Gasteiger partial charge on any atom is -0.497 e. The Labute approximate surface area is 170 Å². The van der Waals surface area contributed by atoms with Crippen LogP contribution in [-0.2, 0) is 10.0 Å². The number of hydrogen-bond donors (Lipinski definition) is 1. The third-order valence-corrected chi connectivity index (χ3v) is 6.39. The first-order chi connectivity index (χ1) is 13.7. The quantitative estimate of drug-likeness (QED) is 0.377. The lowest BCUT2D eigenvalue weighted by Crippen LogP contribution is -2.30. The molecule has 0 saturated heterocycles. The Morgan fingerprint density at radius 1 is 1.21 bits per heavy atom. The monoisotopic (exact) mass is 420 g/mol. The minimum atomic E-state index is -3.80. The summed E-state index contributed by atoms with van der Waals surface area (Å²) in [5, 5.41) is 15.7. The molecule has 10 heteroatoms. The van der Waals surface area contributed by atoms with Crippen molar-refractivity contribution >= 4 is 27.1 Å². The van der Waals surface area contributed by atoms with Crippen LogP contribution in [0.2, 0.25) is 0 Å². The zero-order valence-electron chi connectivity index (χ0n) is 16.7. The summed E-state index contributed by atoms with van der Waals surface area (Å²) in [5.41, 5.74) is 3.74. The molecular formula is C19H24N4O5S. The molecule has 0 saturated carbocycles. The average Bonchev–Trinajstić information content (AvgIpc) is 2.72. The van der Waals surface area contributed by atoms with Crippen molar-refractivity contribution in [2.24, 2.45) is 5.10 Å². The van der Waals surface area contributed by atoms with Gasteiger partial charge in [0.2, 0.25) is 10.0 Å². The van der Waals surface area contributed by atoms with Gasteiger partial charge in [-0.15, -0.1) is 0 Å². The third kappa shape index (κ3) is 5.09. The molecular weight excluding hydrogens is 396 g/mol. The second-order valence-electron chi connectivity index (χ2n) is 6.07. The van der Waals surface area contributed by atoms with Gasteiger partial charge in [-0.05, 0) is 31.2 Å². The number of anilines is 1. The number of nitro benzene ring substituents is 1. The number of rotatable bonds is 9. The number of ether oxygens (including phenoxy) is 1. The van der Waals surface area contributed by atoms with Crippen molar-refractivity contribution in [2.75, 3.05) is 25.6 Å². The van der Waals surface area contributed by atoms with Crippen LogP contribution in [0.25, 0.3) is 0 Å². The summed E-state index contributed by atoms with van der Waals surface area (Å²) in [6, 6.07) is 10.9. The summed E-state index contributed by atoms with van der Waals surface area (Å²) in [4.78, 5) is 10.7. The van der Waals surface area contributed by atoms with E-state index in [-0.39, 0.29) is 29.4 Å². The van der Waals surface area contributed by atoms with Crippen LogP contribution in [-0.4, -0.2) is 43.6 Å². The van der Waals surface area contributed by atoms with Crippen molar-refractivity contribution < 1.29 is 18.1 Å². The van der Waals surface area contributed by atoms with E-state index in [9.17, 15) is 18.5 Å². The molecule has 1 N–H and O–H groups in total. The van der Waals surface area contributed by atoms with E-state index >= 15 is 0 Å². The second kappa shape index (κ2) is 9.48. The van der Waals surface area contributed by atoms with Crippen molar-refractivity contribution in [3.05, 3.63) is 58.1 Å². The number of hydrazone groups is 1. The topological polar surface area (TPSA) is 114 Å². The highest BCUT2D eigenvalue weighted by molar-refractivity contribution is 7.89. The lowest BCUT2D eigenvalue weighted by Gasteiger charge is -2.18. The van der Waals surface area contributed by atoms with Gasteiger partial charge in [0.05, 0.1) is 22.6 Å². The number of nitrogens with zero attached hydrogens (tertiary/aromatic N) is 3. The molecule has 0 atom stereocenters. The van der Waals surface area contributed by atoms with Crippen molar-refractivity contribution in [3.8, 4) is 5.75 Å².